The van der Waals surface area contributed by atoms with E-state index in [1.807, 2.05) is 6.92 Å². The van der Waals surface area contributed by atoms with Gasteiger partial charge in [-0.15, -0.1) is 0 Å². The van der Waals surface area contributed by atoms with Gasteiger partial charge in [0.15, 0.2) is 0 Å². The number of rotatable bonds is 2. The first kappa shape index (κ1) is 15.6. The Morgan fingerprint density at radius 3 is 2.65 bits per heavy atom. The van der Waals surface area contributed by atoms with Crippen LogP contribution in [0.25, 0.3) is 0 Å². The van der Waals surface area contributed by atoms with E-state index in [4.69, 9.17) is 5.73 Å². The molecule has 1 aliphatic heterocycles. The zero-order chi connectivity index (χ0) is 14.9. The molecule has 2 N–H and O–H groups in total. The van der Waals surface area contributed by atoms with Crippen LogP contribution in [-0.4, -0.2) is 19.1 Å². The number of anilines is 1. The SMILES string of the molecule is CC(N)C1CCCN(c2ccc(C(F)(F)F)cc2Br)C1. The van der Waals surface area contributed by atoms with Gasteiger partial charge in [0, 0.05) is 23.6 Å². The smallest absolute Gasteiger partial charge is 0.370 e. The molecule has 0 spiro atoms. The van der Waals surface area contributed by atoms with Crippen molar-refractivity contribution in [1.82, 2.24) is 0 Å². The van der Waals surface area contributed by atoms with E-state index < -0.39 is 11.7 Å². The summed E-state index contributed by atoms with van der Waals surface area (Å²) in [5.74, 6) is 0.387. The topological polar surface area (TPSA) is 29.3 Å². The molecule has 0 amide bonds. The second-order valence-electron chi connectivity index (χ2n) is 5.37. The molecule has 1 heterocycles. The molecule has 0 bridgehead atoms. The number of hydrogen-bond donors (Lipinski definition) is 1. The van der Waals surface area contributed by atoms with Crippen molar-refractivity contribution in [3.05, 3.63) is 28.2 Å². The largest absolute Gasteiger partial charge is 0.416 e. The lowest BCUT2D eigenvalue weighted by atomic mass is 9.92. The summed E-state index contributed by atoms with van der Waals surface area (Å²) < 4.78 is 38.5. The Labute approximate surface area is 125 Å². The standard InChI is InChI=1S/C14H18BrF3N2/c1-9(19)10-3-2-6-20(8-10)13-5-4-11(7-12(13)15)14(16,17)18/h4-5,7,9-10H,2-3,6,8,19H2,1H3. The molecule has 6 heteroatoms. The van der Waals surface area contributed by atoms with E-state index in [0.717, 1.165) is 43.8 Å². The molecule has 2 rings (SSSR count). The van der Waals surface area contributed by atoms with E-state index >= 15 is 0 Å². The first-order chi connectivity index (χ1) is 9.29. The Kier molecular flexibility index (Phi) is 4.64. The van der Waals surface area contributed by atoms with Crippen LogP contribution in [0.4, 0.5) is 18.9 Å². The predicted molar refractivity (Wildman–Crippen MR) is 77.7 cm³/mol. The van der Waals surface area contributed by atoms with Gasteiger partial charge in [0.05, 0.1) is 11.3 Å². The molecule has 2 atom stereocenters. The van der Waals surface area contributed by atoms with E-state index in [0.29, 0.717) is 10.4 Å². The maximum absolute atomic E-state index is 12.7. The monoisotopic (exact) mass is 350 g/mol. The summed E-state index contributed by atoms with van der Waals surface area (Å²) in [5, 5.41) is 0. The van der Waals surface area contributed by atoms with Crippen LogP contribution in [0.1, 0.15) is 25.3 Å². The maximum Gasteiger partial charge on any atom is 0.416 e. The summed E-state index contributed by atoms with van der Waals surface area (Å²) in [7, 11) is 0. The molecule has 0 aliphatic carbocycles. The lowest BCUT2D eigenvalue weighted by molar-refractivity contribution is -0.137. The molecule has 1 aromatic carbocycles. The van der Waals surface area contributed by atoms with Crippen LogP contribution >= 0.6 is 15.9 Å². The van der Waals surface area contributed by atoms with E-state index in [-0.39, 0.29) is 6.04 Å². The highest BCUT2D eigenvalue weighted by Gasteiger charge is 2.31. The Hall–Kier alpha value is -0.750. The van der Waals surface area contributed by atoms with Crippen LogP contribution in [-0.2, 0) is 6.18 Å². The maximum atomic E-state index is 12.7. The van der Waals surface area contributed by atoms with Crippen molar-refractivity contribution in [1.29, 1.82) is 0 Å². The second kappa shape index (κ2) is 5.93. The van der Waals surface area contributed by atoms with Gasteiger partial charge in [-0.3, -0.25) is 0 Å². The number of alkyl halides is 3. The van der Waals surface area contributed by atoms with Gasteiger partial charge in [0.2, 0.25) is 0 Å². The fourth-order valence-electron chi connectivity index (χ4n) is 2.60. The van der Waals surface area contributed by atoms with E-state index in [1.54, 1.807) is 0 Å². The summed E-state index contributed by atoms with van der Waals surface area (Å²) in [6, 6.07) is 3.92. The molecule has 2 nitrogen and oxygen atoms in total. The number of hydrogen-bond acceptors (Lipinski definition) is 2. The third kappa shape index (κ3) is 3.47. The highest BCUT2D eigenvalue weighted by molar-refractivity contribution is 9.10. The van der Waals surface area contributed by atoms with Crippen molar-refractivity contribution in [2.24, 2.45) is 11.7 Å². The van der Waals surface area contributed by atoms with Crippen molar-refractivity contribution in [2.45, 2.75) is 32.0 Å². The summed E-state index contributed by atoms with van der Waals surface area (Å²) >= 11 is 3.26. The molecular weight excluding hydrogens is 333 g/mol. The summed E-state index contributed by atoms with van der Waals surface area (Å²) in [4.78, 5) is 2.11. The highest BCUT2D eigenvalue weighted by atomic mass is 79.9. The first-order valence-electron chi connectivity index (χ1n) is 6.66. The Morgan fingerprint density at radius 1 is 1.40 bits per heavy atom. The zero-order valence-electron chi connectivity index (χ0n) is 11.3. The van der Waals surface area contributed by atoms with Gasteiger partial charge >= 0.3 is 6.18 Å². The Morgan fingerprint density at radius 2 is 2.10 bits per heavy atom. The molecule has 1 aliphatic rings. The van der Waals surface area contributed by atoms with E-state index in [2.05, 4.69) is 20.8 Å². The van der Waals surface area contributed by atoms with Crippen molar-refractivity contribution >= 4 is 21.6 Å². The molecular formula is C14H18BrF3N2. The number of nitrogens with two attached hydrogens (primary N) is 1. The minimum Gasteiger partial charge on any atom is -0.370 e. The number of piperidine rings is 1. The molecule has 0 saturated carbocycles. The fourth-order valence-corrected chi connectivity index (χ4v) is 3.23. The predicted octanol–water partition coefficient (Wildman–Crippen LogP) is 4.03. The second-order valence-corrected chi connectivity index (χ2v) is 6.23. The first-order valence-corrected chi connectivity index (χ1v) is 7.45. The third-order valence-electron chi connectivity index (χ3n) is 3.82. The van der Waals surface area contributed by atoms with Gasteiger partial charge < -0.3 is 10.6 Å². The minimum atomic E-state index is -4.31. The van der Waals surface area contributed by atoms with Gasteiger partial charge in [0.25, 0.3) is 0 Å². The van der Waals surface area contributed by atoms with Crippen molar-refractivity contribution < 1.29 is 13.2 Å². The van der Waals surface area contributed by atoms with E-state index in [1.165, 1.54) is 6.07 Å². The molecule has 1 fully saturated rings. The molecule has 0 aromatic heterocycles. The number of benzene rings is 1. The minimum absolute atomic E-state index is 0.103. The van der Waals surface area contributed by atoms with Crippen LogP contribution in [0.15, 0.2) is 22.7 Å². The van der Waals surface area contributed by atoms with Crippen molar-refractivity contribution in [3.63, 3.8) is 0 Å². The lowest BCUT2D eigenvalue weighted by Gasteiger charge is -2.36. The Balaban J connectivity index is 2.21. The van der Waals surface area contributed by atoms with Crippen LogP contribution in [0.3, 0.4) is 0 Å². The van der Waals surface area contributed by atoms with Gasteiger partial charge in [-0.25, -0.2) is 0 Å². The summed E-state index contributed by atoms with van der Waals surface area (Å²) in [6.07, 6.45) is -2.22. The Bertz CT molecular complexity index is 474. The van der Waals surface area contributed by atoms with Crippen LogP contribution in [0.5, 0.6) is 0 Å². The van der Waals surface area contributed by atoms with Crippen LogP contribution in [0, 0.1) is 5.92 Å². The normalized spacial score (nSPS) is 21.9. The quantitative estimate of drug-likeness (QED) is 0.872. The van der Waals surface area contributed by atoms with Gasteiger partial charge in [-0.2, -0.15) is 13.2 Å². The molecule has 1 aromatic rings. The van der Waals surface area contributed by atoms with Gasteiger partial charge in [-0.05, 0) is 59.8 Å². The average molecular weight is 351 g/mol. The molecule has 112 valence electrons. The summed E-state index contributed by atoms with van der Waals surface area (Å²) in [6.45, 7) is 3.63. The van der Waals surface area contributed by atoms with Gasteiger partial charge in [0.1, 0.15) is 0 Å². The molecule has 2 unspecified atom stereocenters. The molecule has 1 saturated heterocycles. The fraction of sp³-hybridized carbons (Fsp3) is 0.571. The number of halogens is 4. The zero-order valence-corrected chi connectivity index (χ0v) is 12.8. The average Bonchev–Trinajstić information content (AvgIpc) is 2.37. The third-order valence-corrected chi connectivity index (χ3v) is 4.45. The van der Waals surface area contributed by atoms with Gasteiger partial charge in [-0.1, -0.05) is 0 Å². The molecule has 20 heavy (non-hydrogen) atoms. The highest BCUT2D eigenvalue weighted by Crippen LogP contribution is 2.36. The van der Waals surface area contributed by atoms with Crippen LogP contribution in [0.2, 0.25) is 0 Å². The van der Waals surface area contributed by atoms with Crippen molar-refractivity contribution in [3.8, 4) is 0 Å². The lowest BCUT2D eigenvalue weighted by Crippen LogP contribution is -2.42. The van der Waals surface area contributed by atoms with Crippen molar-refractivity contribution in [2.75, 3.05) is 18.0 Å². The van der Waals surface area contributed by atoms with E-state index in [9.17, 15) is 13.2 Å². The van der Waals surface area contributed by atoms with Crippen LogP contribution < -0.4 is 10.6 Å². The molecule has 0 radical (unpaired) electrons. The summed E-state index contributed by atoms with van der Waals surface area (Å²) in [5.41, 5.74) is 6.12. The number of nitrogens with zero attached hydrogens (tertiary/aromatic N) is 1.